The van der Waals surface area contributed by atoms with Crippen molar-refractivity contribution in [2.45, 2.75) is 104 Å². The predicted octanol–water partition coefficient (Wildman–Crippen LogP) is -8.20. The SMILES string of the molecule is COC1OC(C(O)COC2OC(C(O)CO)C(O)C(O)C2O)C(O)C(OC2O[C@H](CO)[C@@H](O)[C@H](O)[C@H]2O)C1O. The van der Waals surface area contributed by atoms with Crippen molar-refractivity contribution in [3.63, 3.8) is 0 Å². The van der Waals surface area contributed by atoms with Crippen molar-refractivity contribution in [1.82, 2.24) is 0 Å². The first-order valence-electron chi connectivity index (χ1n) is 12.2. The minimum Gasteiger partial charge on any atom is -0.394 e. The molecule has 3 saturated heterocycles. The molecule has 13 unspecified atom stereocenters. The zero-order valence-electron chi connectivity index (χ0n) is 20.8. The third-order valence-electron chi connectivity index (χ3n) is 6.94. The highest BCUT2D eigenvalue weighted by Gasteiger charge is 2.53. The molecule has 0 aromatic heterocycles. The largest absolute Gasteiger partial charge is 0.394 e. The molecule has 39 heavy (non-hydrogen) atoms. The third kappa shape index (κ3) is 6.85. The molecule has 0 amide bonds. The molecule has 17 atom stereocenters. The van der Waals surface area contributed by atoms with Crippen LogP contribution in [0.4, 0.5) is 0 Å². The predicted molar refractivity (Wildman–Crippen MR) is 118 cm³/mol. The Balaban J connectivity index is 1.69. The summed E-state index contributed by atoms with van der Waals surface area (Å²) < 4.78 is 31.6. The van der Waals surface area contributed by atoms with E-state index in [4.69, 9.17) is 33.5 Å². The first-order chi connectivity index (χ1) is 18.4. The van der Waals surface area contributed by atoms with Gasteiger partial charge < -0.3 is 89.7 Å². The van der Waals surface area contributed by atoms with Crippen LogP contribution in [0.25, 0.3) is 0 Å². The summed E-state index contributed by atoms with van der Waals surface area (Å²) in [6.45, 7) is -2.37. The molecular weight excluding hydrogens is 540 g/mol. The van der Waals surface area contributed by atoms with Crippen LogP contribution >= 0.6 is 0 Å². The average Bonchev–Trinajstić information content (AvgIpc) is 2.93. The van der Waals surface area contributed by atoms with Gasteiger partial charge in [-0.2, -0.15) is 0 Å². The molecule has 3 aliphatic heterocycles. The van der Waals surface area contributed by atoms with E-state index in [1.54, 1.807) is 0 Å². The van der Waals surface area contributed by atoms with Gasteiger partial charge in [0.1, 0.15) is 85.5 Å². The topological polar surface area (TPSA) is 298 Å². The van der Waals surface area contributed by atoms with Gasteiger partial charge in [-0.25, -0.2) is 0 Å². The van der Waals surface area contributed by atoms with Crippen LogP contribution in [0, 0.1) is 0 Å². The highest BCUT2D eigenvalue weighted by Crippen LogP contribution is 2.31. The average molecular weight is 579 g/mol. The molecule has 0 aliphatic carbocycles. The Labute approximate surface area is 221 Å². The standard InChI is InChI=1S/C21H38O18/c1-34-19-15(33)18(39-21-13(31)9(27)8(26)7(3-23)36-21)14(32)17(37-19)6(25)4-35-20-12(30)10(28)11(29)16(38-20)5(24)2-22/h5-33H,2-4H2,1H3/t5?,6?,7-,8-,9+,10?,11?,12?,13-,14?,15?,16?,17?,18?,19?,20?,21?/m1/s1. The lowest BCUT2D eigenvalue weighted by Gasteiger charge is -2.47. The maximum Gasteiger partial charge on any atom is 0.187 e. The van der Waals surface area contributed by atoms with Gasteiger partial charge in [0.05, 0.1) is 19.8 Å². The molecule has 0 bridgehead atoms. The number of aliphatic hydroxyl groups is 12. The quantitative estimate of drug-likeness (QED) is 0.114. The molecule has 3 rings (SSSR count). The lowest BCUT2D eigenvalue weighted by atomic mass is 9.94. The van der Waals surface area contributed by atoms with Gasteiger partial charge in [0.15, 0.2) is 18.9 Å². The molecule has 12 N–H and O–H groups in total. The number of ether oxygens (including phenoxy) is 6. The van der Waals surface area contributed by atoms with E-state index in [9.17, 15) is 56.2 Å². The highest BCUT2D eigenvalue weighted by molar-refractivity contribution is 4.97. The van der Waals surface area contributed by atoms with Gasteiger partial charge in [-0.3, -0.25) is 0 Å². The summed E-state index contributed by atoms with van der Waals surface area (Å²) in [7, 11) is 1.13. The summed E-state index contributed by atoms with van der Waals surface area (Å²) in [5.74, 6) is 0. The van der Waals surface area contributed by atoms with Gasteiger partial charge in [-0.1, -0.05) is 0 Å². The lowest BCUT2D eigenvalue weighted by Crippen LogP contribution is -2.66. The number of hydrogen-bond donors (Lipinski definition) is 12. The van der Waals surface area contributed by atoms with E-state index in [1.807, 2.05) is 0 Å². The minimum atomic E-state index is -1.87. The Kier molecular flexibility index (Phi) is 11.7. The number of methoxy groups -OCH3 is 1. The van der Waals surface area contributed by atoms with Crippen molar-refractivity contribution in [2.75, 3.05) is 26.9 Å². The first kappa shape index (κ1) is 32.8. The summed E-state index contributed by atoms with van der Waals surface area (Å²) in [4.78, 5) is 0. The summed E-state index contributed by atoms with van der Waals surface area (Å²) in [6.07, 6.45) is -29.1. The first-order valence-corrected chi connectivity index (χ1v) is 12.2. The van der Waals surface area contributed by atoms with Crippen LogP contribution < -0.4 is 0 Å². The Hall–Kier alpha value is -0.720. The van der Waals surface area contributed by atoms with Crippen molar-refractivity contribution in [1.29, 1.82) is 0 Å². The van der Waals surface area contributed by atoms with Gasteiger partial charge in [-0.05, 0) is 0 Å². The molecule has 230 valence electrons. The Bertz CT molecular complexity index is 746. The summed E-state index contributed by atoms with van der Waals surface area (Å²) >= 11 is 0. The second-order valence-electron chi connectivity index (χ2n) is 9.58. The molecule has 0 spiro atoms. The fraction of sp³-hybridized carbons (Fsp3) is 1.00. The van der Waals surface area contributed by atoms with E-state index in [2.05, 4.69) is 0 Å². The third-order valence-corrected chi connectivity index (χ3v) is 6.94. The summed E-state index contributed by atoms with van der Waals surface area (Å²) in [6, 6.07) is 0. The molecule has 0 aromatic carbocycles. The Morgan fingerprint density at radius 2 is 1.18 bits per heavy atom. The maximum absolute atomic E-state index is 10.9. The van der Waals surface area contributed by atoms with Crippen molar-refractivity contribution < 1.29 is 89.7 Å². The molecule has 3 aliphatic rings. The number of hydrogen-bond acceptors (Lipinski definition) is 18. The molecule has 0 aromatic rings. The van der Waals surface area contributed by atoms with E-state index in [0.29, 0.717) is 0 Å². The molecule has 18 nitrogen and oxygen atoms in total. The Morgan fingerprint density at radius 3 is 1.77 bits per heavy atom. The van der Waals surface area contributed by atoms with Crippen molar-refractivity contribution in [3.05, 3.63) is 0 Å². The van der Waals surface area contributed by atoms with E-state index in [0.717, 1.165) is 7.11 Å². The second-order valence-corrected chi connectivity index (χ2v) is 9.58. The Morgan fingerprint density at radius 1 is 0.615 bits per heavy atom. The van der Waals surface area contributed by atoms with E-state index in [-0.39, 0.29) is 0 Å². The monoisotopic (exact) mass is 578 g/mol. The summed E-state index contributed by atoms with van der Waals surface area (Å²) in [5, 5.41) is 121. The van der Waals surface area contributed by atoms with Crippen LogP contribution in [-0.4, -0.2) is 193 Å². The normalized spacial score (nSPS) is 49.0. The summed E-state index contributed by atoms with van der Waals surface area (Å²) in [5.41, 5.74) is 0. The van der Waals surface area contributed by atoms with Gasteiger partial charge in [0, 0.05) is 7.11 Å². The van der Waals surface area contributed by atoms with Crippen LogP contribution in [0.2, 0.25) is 0 Å². The van der Waals surface area contributed by atoms with Crippen molar-refractivity contribution >= 4 is 0 Å². The zero-order valence-corrected chi connectivity index (χ0v) is 20.8. The molecule has 18 heteroatoms. The zero-order chi connectivity index (χ0) is 29.2. The molecular formula is C21H38O18. The van der Waals surface area contributed by atoms with Crippen molar-refractivity contribution in [2.24, 2.45) is 0 Å². The van der Waals surface area contributed by atoms with Crippen LogP contribution in [0.5, 0.6) is 0 Å². The van der Waals surface area contributed by atoms with Gasteiger partial charge >= 0.3 is 0 Å². The highest BCUT2D eigenvalue weighted by atomic mass is 16.7. The fourth-order valence-corrected chi connectivity index (χ4v) is 4.59. The minimum absolute atomic E-state index is 0.756. The van der Waals surface area contributed by atoms with E-state index < -0.39 is 124 Å². The van der Waals surface area contributed by atoms with Gasteiger partial charge in [-0.15, -0.1) is 0 Å². The smallest absolute Gasteiger partial charge is 0.187 e. The number of aliphatic hydroxyl groups excluding tert-OH is 12. The molecule has 3 fully saturated rings. The molecule has 3 heterocycles. The van der Waals surface area contributed by atoms with Crippen LogP contribution in [-0.2, 0) is 28.4 Å². The maximum atomic E-state index is 10.9. The second kappa shape index (κ2) is 14.0. The van der Waals surface area contributed by atoms with E-state index in [1.165, 1.54) is 0 Å². The lowest BCUT2D eigenvalue weighted by molar-refractivity contribution is -0.364. The van der Waals surface area contributed by atoms with Crippen molar-refractivity contribution in [3.8, 4) is 0 Å². The fourth-order valence-electron chi connectivity index (χ4n) is 4.59. The van der Waals surface area contributed by atoms with Crippen LogP contribution in [0.3, 0.4) is 0 Å². The van der Waals surface area contributed by atoms with Crippen LogP contribution in [0.15, 0.2) is 0 Å². The van der Waals surface area contributed by atoms with E-state index >= 15 is 0 Å². The van der Waals surface area contributed by atoms with Gasteiger partial charge in [0.25, 0.3) is 0 Å². The molecule has 0 saturated carbocycles. The molecule has 0 radical (unpaired) electrons. The number of rotatable bonds is 10. The van der Waals surface area contributed by atoms with Gasteiger partial charge in [0.2, 0.25) is 0 Å². The van der Waals surface area contributed by atoms with Crippen LogP contribution in [0.1, 0.15) is 0 Å².